The van der Waals surface area contributed by atoms with Crippen molar-refractivity contribution in [1.82, 2.24) is 0 Å². The van der Waals surface area contributed by atoms with Gasteiger partial charge in [-0.1, -0.05) is 27.7 Å². The van der Waals surface area contributed by atoms with Crippen molar-refractivity contribution in [3.05, 3.63) is 29.3 Å². The van der Waals surface area contributed by atoms with E-state index in [9.17, 15) is 14.7 Å². The molecule has 0 aliphatic rings. The van der Waals surface area contributed by atoms with E-state index in [0.717, 1.165) is 0 Å². The Labute approximate surface area is 101 Å². The highest BCUT2D eigenvalue weighted by atomic mass is 16.3. The highest BCUT2D eigenvalue weighted by molar-refractivity contribution is 6.10. The number of carbonyl (C=O) groups excluding carboxylic acids is 2. The molecule has 17 heavy (non-hydrogen) atoms. The zero-order valence-electron chi connectivity index (χ0n) is 10.7. The van der Waals surface area contributed by atoms with Gasteiger partial charge in [0.05, 0.1) is 0 Å². The number of Topliss-reactive ketones (excluding diaryl/α,β-unsaturated/α-hetero) is 2. The summed E-state index contributed by atoms with van der Waals surface area (Å²) >= 11 is 0. The Balaban J connectivity index is 3.31. The van der Waals surface area contributed by atoms with E-state index < -0.39 is 0 Å². The number of hydrogen-bond acceptors (Lipinski definition) is 3. The van der Waals surface area contributed by atoms with Crippen LogP contribution in [0.3, 0.4) is 0 Å². The van der Waals surface area contributed by atoms with Crippen molar-refractivity contribution in [3.8, 4) is 5.75 Å². The molecule has 3 heteroatoms. The number of phenols is 1. The third-order valence-electron chi connectivity index (χ3n) is 2.58. The van der Waals surface area contributed by atoms with Gasteiger partial charge >= 0.3 is 0 Å². The summed E-state index contributed by atoms with van der Waals surface area (Å²) < 4.78 is 0. The minimum Gasteiger partial charge on any atom is -0.508 e. The fourth-order valence-corrected chi connectivity index (χ4v) is 1.57. The van der Waals surface area contributed by atoms with Crippen LogP contribution in [-0.4, -0.2) is 16.7 Å². The second kappa shape index (κ2) is 5.13. The fraction of sp³-hybridized carbons (Fsp3) is 0.429. The van der Waals surface area contributed by atoms with E-state index in [1.165, 1.54) is 18.2 Å². The van der Waals surface area contributed by atoms with Gasteiger partial charge in [0.1, 0.15) is 5.75 Å². The van der Waals surface area contributed by atoms with Gasteiger partial charge < -0.3 is 5.11 Å². The van der Waals surface area contributed by atoms with Crippen LogP contribution in [0.5, 0.6) is 5.75 Å². The monoisotopic (exact) mass is 234 g/mol. The Bertz CT molecular complexity index is 445. The molecule has 0 heterocycles. The van der Waals surface area contributed by atoms with Gasteiger partial charge in [-0.05, 0) is 18.2 Å². The van der Waals surface area contributed by atoms with E-state index in [4.69, 9.17) is 0 Å². The number of phenolic OH excluding ortho intramolecular Hbond substituents is 1. The van der Waals surface area contributed by atoms with Crippen LogP contribution in [0, 0.1) is 11.8 Å². The first-order valence-corrected chi connectivity index (χ1v) is 5.76. The third kappa shape index (κ3) is 2.93. The van der Waals surface area contributed by atoms with E-state index in [2.05, 4.69) is 0 Å². The van der Waals surface area contributed by atoms with Gasteiger partial charge in [-0.25, -0.2) is 0 Å². The lowest BCUT2D eigenvalue weighted by Crippen LogP contribution is -2.16. The lowest BCUT2D eigenvalue weighted by atomic mass is 9.91. The second-order valence-corrected chi connectivity index (χ2v) is 4.77. The molecule has 92 valence electrons. The summed E-state index contributed by atoms with van der Waals surface area (Å²) in [6.07, 6.45) is 0. The van der Waals surface area contributed by atoms with Gasteiger partial charge in [0.25, 0.3) is 0 Å². The van der Waals surface area contributed by atoms with Crippen LogP contribution in [0.1, 0.15) is 48.4 Å². The molecule has 0 spiro atoms. The SMILES string of the molecule is CC(C)C(=O)c1ccc(O)cc1C(=O)C(C)C. The Hall–Kier alpha value is -1.64. The molecule has 0 unspecified atom stereocenters. The van der Waals surface area contributed by atoms with Gasteiger partial charge in [-0.3, -0.25) is 9.59 Å². The predicted molar refractivity (Wildman–Crippen MR) is 66.4 cm³/mol. The predicted octanol–water partition coefficient (Wildman–Crippen LogP) is 3.07. The third-order valence-corrected chi connectivity index (χ3v) is 2.58. The number of benzene rings is 1. The van der Waals surface area contributed by atoms with Crippen LogP contribution >= 0.6 is 0 Å². The smallest absolute Gasteiger partial charge is 0.166 e. The molecule has 0 saturated heterocycles. The summed E-state index contributed by atoms with van der Waals surface area (Å²) in [4.78, 5) is 24.0. The zero-order valence-corrected chi connectivity index (χ0v) is 10.7. The molecule has 0 radical (unpaired) electrons. The van der Waals surface area contributed by atoms with Crippen molar-refractivity contribution in [1.29, 1.82) is 0 Å². The van der Waals surface area contributed by atoms with Gasteiger partial charge in [-0.2, -0.15) is 0 Å². The summed E-state index contributed by atoms with van der Waals surface area (Å²) in [5, 5.41) is 9.43. The van der Waals surface area contributed by atoms with E-state index in [-0.39, 0.29) is 29.2 Å². The number of aromatic hydroxyl groups is 1. The highest BCUT2D eigenvalue weighted by Gasteiger charge is 2.21. The quantitative estimate of drug-likeness (QED) is 0.814. The normalized spacial score (nSPS) is 10.9. The molecular weight excluding hydrogens is 216 g/mol. The molecule has 0 fully saturated rings. The van der Waals surface area contributed by atoms with Crippen molar-refractivity contribution in [3.63, 3.8) is 0 Å². The van der Waals surface area contributed by atoms with Gasteiger partial charge in [0.2, 0.25) is 0 Å². The number of ketones is 2. The van der Waals surface area contributed by atoms with Crippen molar-refractivity contribution in [2.24, 2.45) is 11.8 Å². The second-order valence-electron chi connectivity index (χ2n) is 4.77. The van der Waals surface area contributed by atoms with E-state index in [0.29, 0.717) is 11.1 Å². The molecule has 0 bridgehead atoms. The molecule has 1 aromatic carbocycles. The van der Waals surface area contributed by atoms with Gasteiger partial charge in [-0.15, -0.1) is 0 Å². The molecule has 3 nitrogen and oxygen atoms in total. The summed E-state index contributed by atoms with van der Waals surface area (Å²) in [5.41, 5.74) is 0.718. The maximum atomic E-state index is 12.0. The minimum absolute atomic E-state index is 0.00862. The van der Waals surface area contributed by atoms with Crippen LogP contribution in [0.15, 0.2) is 18.2 Å². The van der Waals surface area contributed by atoms with E-state index >= 15 is 0 Å². The van der Waals surface area contributed by atoms with Crippen LogP contribution < -0.4 is 0 Å². The van der Waals surface area contributed by atoms with Gasteiger partial charge in [0, 0.05) is 23.0 Å². The molecule has 0 aromatic heterocycles. The van der Waals surface area contributed by atoms with Crippen molar-refractivity contribution in [2.45, 2.75) is 27.7 Å². The van der Waals surface area contributed by atoms with Crippen molar-refractivity contribution in [2.75, 3.05) is 0 Å². The maximum absolute atomic E-state index is 12.0. The Morgan fingerprint density at radius 3 is 1.88 bits per heavy atom. The molecule has 1 aromatic rings. The van der Waals surface area contributed by atoms with Crippen LogP contribution in [0.2, 0.25) is 0 Å². The largest absolute Gasteiger partial charge is 0.508 e. The first kappa shape index (κ1) is 13.4. The van der Waals surface area contributed by atoms with Crippen molar-refractivity contribution >= 4 is 11.6 Å². The molecule has 0 aliphatic heterocycles. The first-order valence-electron chi connectivity index (χ1n) is 5.76. The van der Waals surface area contributed by atoms with Crippen LogP contribution in [0.4, 0.5) is 0 Å². The average Bonchev–Trinajstić information content (AvgIpc) is 2.26. The lowest BCUT2D eigenvalue weighted by molar-refractivity contribution is 0.0905. The number of carbonyl (C=O) groups is 2. The Morgan fingerprint density at radius 1 is 0.941 bits per heavy atom. The maximum Gasteiger partial charge on any atom is 0.166 e. The highest BCUT2D eigenvalue weighted by Crippen LogP contribution is 2.22. The van der Waals surface area contributed by atoms with E-state index in [1.54, 1.807) is 27.7 Å². The topological polar surface area (TPSA) is 54.4 Å². The Morgan fingerprint density at radius 2 is 1.41 bits per heavy atom. The molecule has 0 atom stereocenters. The summed E-state index contributed by atoms with van der Waals surface area (Å²) in [5.74, 6) is -0.554. The zero-order chi connectivity index (χ0) is 13.2. The Kier molecular flexibility index (Phi) is 4.05. The van der Waals surface area contributed by atoms with Crippen LogP contribution in [-0.2, 0) is 0 Å². The summed E-state index contributed by atoms with van der Waals surface area (Å²) in [6.45, 7) is 7.13. The number of rotatable bonds is 4. The summed E-state index contributed by atoms with van der Waals surface area (Å²) in [6, 6.07) is 4.33. The first-order chi connectivity index (χ1) is 7.84. The minimum atomic E-state index is -0.199. The van der Waals surface area contributed by atoms with Gasteiger partial charge in [0.15, 0.2) is 11.6 Å². The lowest BCUT2D eigenvalue weighted by Gasteiger charge is -2.12. The molecule has 1 N–H and O–H groups in total. The van der Waals surface area contributed by atoms with Crippen LogP contribution in [0.25, 0.3) is 0 Å². The van der Waals surface area contributed by atoms with E-state index in [1.807, 2.05) is 0 Å². The molecule has 1 rings (SSSR count). The fourth-order valence-electron chi connectivity index (χ4n) is 1.57. The number of hydrogen-bond donors (Lipinski definition) is 1. The standard InChI is InChI=1S/C14H18O3/c1-8(2)13(16)11-6-5-10(15)7-12(11)14(17)9(3)4/h5-9,15H,1-4H3. The molecule has 0 saturated carbocycles. The molecule has 0 amide bonds. The summed E-state index contributed by atoms with van der Waals surface area (Å²) in [7, 11) is 0. The van der Waals surface area contributed by atoms with Crippen molar-refractivity contribution < 1.29 is 14.7 Å². The average molecular weight is 234 g/mol. The molecule has 0 aliphatic carbocycles. The molecular formula is C14H18O3.